The molecule has 2 aliphatic heterocycles. The van der Waals surface area contributed by atoms with Crippen molar-refractivity contribution in [1.29, 1.82) is 0 Å². The Kier molecular flexibility index (Phi) is 4.47. The zero-order valence-electron chi connectivity index (χ0n) is 14.7. The van der Waals surface area contributed by atoms with Crippen LogP contribution in [0.15, 0.2) is 29.2 Å². The van der Waals surface area contributed by atoms with Crippen LogP contribution in [0.5, 0.6) is 0 Å². The van der Waals surface area contributed by atoms with Gasteiger partial charge in [-0.05, 0) is 58.6 Å². The Labute approximate surface area is 144 Å². The molecule has 1 amide bonds. The second kappa shape index (κ2) is 6.15. The van der Waals surface area contributed by atoms with Gasteiger partial charge in [-0.25, -0.2) is 8.42 Å². The molecule has 1 aromatic carbocycles. The fourth-order valence-corrected chi connectivity index (χ4v) is 5.84. The van der Waals surface area contributed by atoms with E-state index in [9.17, 15) is 13.2 Å². The van der Waals surface area contributed by atoms with Gasteiger partial charge in [-0.15, -0.1) is 0 Å². The smallest absolute Gasteiger partial charge is 0.244 e. The predicted octanol–water partition coefficient (Wildman–Crippen LogP) is 2.55. The summed E-state index contributed by atoms with van der Waals surface area (Å²) in [4.78, 5) is 15.3. The van der Waals surface area contributed by atoms with Crippen LogP contribution in [0.4, 0.5) is 0 Å². The number of aryl methyl sites for hydroxylation is 1. The highest BCUT2D eigenvalue weighted by atomic mass is 32.2. The molecule has 2 heterocycles. The summed E-state index contributed by atoms with van der Waals surface area (Å²) >= 11 is 0. The number of hydrogen-bond donors (Lipinski definition) is 0. The van der Waals surface area contributed by atoms with Gasteiger partial charge in [0.2, 0.25) is 15.9 Å². The summed E-state index contributed by atoms with van der Waals surface area (Å²) < 4.78 is 27.9. The lowest BCUT2D eigenvalue weighted by Crippen LogP contribution is -2.62. The Morgan fingerprint density at radius 3 is 2.21 bits per heavy atom. The Morgan fingerprint density at radius 1 is 1.04 bits per heavy atom. The van der Waals surface area contributed by atoms with Crippen molar-refractivity contribution in [3.05, 3.63) is 29.8 Å². The van der Waals surface area contributed by atoms with Crippen LogP contribution in [0.2, 0.25) is 0 Å². The van der Waals surface area contributed by atoms with Crippen molar-refractivity contribution in [2.24, 2.45) is 0 Å². The average molecular weight is 350 g/mol. The minimum atomic E-state index is -3.66. The lowest BCUT2D eigenvalue weighted by atomic mass is 9.86. The Morgan fingerprint density at radius 2 is 1.62 bits per heavy atom. The van der Waals surface area contributed by atoms with Gasteiger partial charge < -0.3 is 4.90 Å². The zero-order valence-corrected chi connectivity index (χ0v) is 15.5. The van der Waals surface area contributed by atoms with Gasteiger partial charge in [0.15, 0.2) is 0 Å². The van der Waals surface area contributed by atoms with Crippen LogP contribution in [-0.2, 0) is 14.8 Å². The zero-order chi connectivity index (χ0) is 17.5. The summed E-state index contributed by atoms with van der Waals surface area (Å²) in [6.07, 6.45) is 2.84. The predicted molar refractivity (Wildman–Crippen MR) is 93.1 cm³/mol. The number of piperidine rings is 1. The van der Waals surface area contributed by atoms with E-state index < -0.39 is 15.6 Å². The molecule has 0 N–H and O–H groups in total. The number of nitrogens with zero attached hydrogens (tertiary/aromatic N) is 2. The molecule has 2 saturated heterocycles. The number of rotatable bonds is 3. The fourth-order valence-electron chi connectivity index (χ4n) is 4.02. The summed E-state index contributed by atoms with van der Waals surface area (Å²) in [7, 11) is -3.66. The van der Waals surface area contributed by atoms with E-state index in [2.05, 4.69) is 0 Å². The van der Waals surface area contributed by atoms with Gasteiger partial charge in [-0.2, -0.15) is 4.31 Å². The fraction of sp³-hybridized carbons (Fsp3) is 0.611. The first-order valence-electron chi connectivity index (χ1n) is 8.70. The average Bonchev–Trinajstić information content (AvgIpc) is 2.95. The van der Waals surface area contributed by atoms with Crippen molar-refractivity contribution in [2.75, 3.05) is 13.1 Å². The summed E-state index contributed by atoms with van der Waals surface area (Å²) in [5, 5.41) is 0. The Bertz CT molecular complexity index is 727. The first-order valence-corrected chi connectivity index (χ1v) is 10.1. The molecule has 6 heteroatoms. The molecule has 1 unspecified atom stereocenters. The normalized spacial score (nSPS) is 25.8. The highest BCUT2D eigenvalue weighted by molar-refractivity contribution is 7.89. The molecular formula is C18H26N2O3S. The standard InChI is InChI=1S/C18H26N2O3S/c1-14(2)19-12-4-10-18(17(19)21)11-5-13-20(18)24(22,23)16-8-6-15(3)7-9-16/h6-9,14H,4-5,10-13H2,1-3H3. The van der Waals surface area contributed by atoms with Gasteiger partial charge in [0.25, 0.3) is 0 Å². The Balaban J connectivity index is 2.01. The van der Waals surface area contributed by atoms with E-state index in [0.29, 0.717) is 19.4 Å². The molecule has 0 aliphatic carbocycles. The molecule has 1 atom stereocenters. The number of carbonyl (C=O) groups is 1. The quantitative estimate of drug-likeness (QED) is 0.842. The van der Waals surface area contributed by atoms with E-state index in [1.54, 1.807) is 24.3 Å². The van der Waals surface area contributed by atoms with Crippen LogP contribution in [0, 0.1) is 6.92 Å². The summed E-state index contributed by atoms with van der Waals surface area (Å²) in [5.41, 5.74) is 0.136. The van der Waals surface area contributed by atoms with Crippen LogP contribution >= 0.6 is 0 Å². The number of hydrogen-bond acceptors (Lipinski definition) is 3. The van der Waals surface area contributed by atoms with Crippen molar-refractivity contribution in [3.8, 4) is 0 Å². The van der Waals surface area contributed by atoms with E-state index in [-0.39, 0.29) is 16.8 Å². The molecule has 3 rings (SSSR count). The van der Waals surface area contributed by atoms with Gasteiger partial charge >= 0.3 is 0 Å². The second-order valence-corrected chi connectivity index (χ2v) is 9.08. The molecule has 2 fully saturated rings. The largest absolute Gasteiger partial charge is 0.339 e. The van der Waals surface area contributed by atoms with E-state index in [1.807, 2.05) is 25.7 Å². The Hall–Kier alpha value is -1.40. The van der Waals surface area contributed by atoms with Crippen LogP contribution < -0.4 is 0 Å². The number of benzene rings is 1. The van der Waals surface area contributed by atoms with Crippen molar-refractivity contribution in [3.63, 3.8) is 0 Å². The maximum Gasteiger partial charge on any atom is 0.244 e. The second-order valence-electron chi connectivity index (χ2n) is 7.22. The minimum Gasteiger partial charge on any atom is -0.339 e. The molecule has 0 bridgehead atoms. The molecule has 5 nitrogen and oxygen atoms in total. The molecule has 0 saturated carbocycles. The first kappa shape index (κ1) is 17.4. The molecule has 132 valence electrons. The molecule has 0 radical (unpaired) electrons. The van der Waals surface area contributed by atoms with E-state index >= 15 is 0 Å². The summed E-state index contributed by atoms with van der Waals surface area (Å²) in [6.45, 7) is 7.05. The number of sulfonamides is 1. The number of amides is 1. The van der Waals surface area contributed by atoms with Crippen molar-refractivity contribution in [1.82, 2.24) is 9.21 Å². The summed E-state index contributed by atoms with van der Waals surface area (Å²) in [6, 6.07) is 6.99. The minimum absolute atomic E-state index is 0.0167. The van der Waals surface area contributed by atoms with E-state index in [0.717, 1.165) is 24.9 Å². The molecule has 24 heavy (non-hydrogen) atoms. The highest BCUT2D eigenvalue weighted by Crippen LogP contribution is 2.42. The van der Waals surface area contributed by atoms with Crippen molar-refractivity contribution in [2.45, 2.75) is 62.9 Å². The van der Waals surface area contributed by atoms with Crippen LogP contribution in [0.25, 0.3) is 0 Å². The van der Waals surface area contributed by atoms with Gasteiger partial charge in [0, 0.05) is 19.1 Å². The van der Waals surface area contributed by atoms with E-state index in [4.69, 9.17) is 0 Å². The maximum absolute atomic E-state index is 13.2. The first-order chi connectivity index (χ1) is 11.3. The van der Waals surface area contributed by atoms with Crippen molar-refractivity contribution < 1.29 is 13.2 Å². The topological polar surface area (TPSA) is 57.7 Å². The monoisotopic (exact) mass is 350 g/mol. The number of carbonyl (C=O) groups excluding carboxylic acids is 1. The van der Waals surface area contributed by atoms with Crippen LogP contribution in [0.1, 0.15) is 45.1 Å². The van der Waals surface area contributed by atoms with Crippen LogP contribution in [0.3, 0.4) is 0 Å². The number of likely N-dealkylation sites (tertiary alicyclic amines) is 1. The van der Waals surface area contributed by atoms with Crippen LogP contribution in [-0.4, -0.2) is 48.2 Å². The third kappa shape index (κ3) is 2.65. The third-order valence-corrected chi connectivity index (χ3v) is 7.29. The molecule has 0 aromatic heterocycles. The van der Waals surface area contributed by atoms with E-state index in [1.165, 1.54) is 4.31 Å². The molecule has 1 spiro atoms. The highest BCUT2D eigenvalue weighted by Gasteiger charge is 2.55. The lowest BCUT2D eigenvalue weighted by Gasteiger charge is -2.45. The molecular weight excluding hydrogens is 324 g/mol. The molecule has 1 aromatic rings. The molecule has 2 aliphatic rings. The third-order valence-electron chi connectivity index (χ3n) is 5.31. The summed E-state index contributed by atoms with van der Waals surface area (Å²) in [5.74, 6) is -0.0167. The maximum atomic E-state index is 13.2. The lowest BCUT2D eigenvalue weighted by molar-refractivity contribution is -0.146. The SMILES string of the molecule is Cc1ccc(S(=O)(=O)N2CCCC23CCCN(C(C)C)C3=O)cc1. The van der Waals surface area contributed by atoms with Gasteiger partial charge in [0.05, 0.1) is 4.90 Å². The van der Waals surface area contributed by atoms with Gasteiger partial charge in [-0.1, -0.05) is 17.7 Å². The van der Waals surface area contributed by atoms with Crippen molar-refractivity contribution >= 4 is 15.9 Å². The van der Waals surface area contributed by atoms with Gasteiger partial charge in [0.1, 0.15) is 5.54 Å². The van der Waals surface area contributed by atoms with Gasteiger partial charge in [-0.3, -0.25) is 4.79 Å².